The molecule has 2 N–H and O–H groups in total. The van der Waals surface area contributed by atoms with Gasteiger partial charge in [0.05, 0.1) is 5.56 Å². The predicted molar refractivity (Wildman–Crippen MR) is 117 cm³/mol. The molecule has 1 saturated heterocycles. The minimum atomic E-state index is -0.224. The second kappa shape index (κ2) is 8.31. The second-order valence-corrected chi connectivity index (χ2v) is 7.43. The molecule has 2 heterocycles. The van der Waals surface area contributed by atoms with E-state index in [0.29, 0.717) is 11.5 Å². The fourth-order valence-corrected chi connectivity index (χ4v) is 3.52. The summed E-state index contributed by atoms with van der Waals surface area (Å²) in [5, 5.41) is 6.09. The van der Waals surface area contributed by atoms with E-state index >= 15 is 0 Å². The molecule has 0 bridgehead atoms. The molecule has 2 aromatic carbocycles. The Morgan fingerprint density at radius 3 is 2.31 bits per heavy atom. The van der Waals surface area contributed by atoms with Crippen LogP contribution < -0.4 is 15.5 Å². The Bertz CT molecular complexity index is 993. The third-order valence-electron chi connectivity index (χ3n) is 5.14. The molecule has 1 fully saturated rings. The van der Waals surface area contributed by atoms with E-state index in [4.69, 9.17) is 0 Å². The molecule has 1 amide bonds. The fourth-order valence-electron chi connectivity index (χ4n) is 3.52. The van der Waals surface area contributed by atoms with Crippen molar-refractivity contribution in [2.45, 2.75) is 26.7 Å². The van der Waals surface area contributed by atoms with Crippen LogP contribution in [-0.4, -0.2) is 29.0 Å². The molecule has 148 valence electrons. The van der Waals surface area contributed by atoms with Crippen LogP contribution in [0.5, 0.6) is 0 Å². The van der Waals surface area contributed by atoms with Crippen molar-refractivity contribution >= 4 is 28.9 Å². The molecule has 0 spiro atoms. The number of rotatable bonds is 5. The minimum absolute atomic E-state index is 0.224. The molecule has 0 radical (unpaired) electrons. The first kappa shape index (κ1) is 18.9. The molecular formula is C23H25N5O. The van der Waals surface area contributed by atoms with E-state index < -0.39 is 0 Å². The number of nitrogens with zero attached hydrogens (tertiary/aromatic N) is 3. The highest BCUT2D eigenvalue weighted by molar-refractivity contribution is 6.04. The Labute approximate surface area is 171 Å². The molecule has 1 aromatic heterocycles. The summed E-state index contributed by atoms with van der Waals surface area (Å²) in [6.45, 7) is 6.25. The Morgan fingerprint density at radius 2 is 1.66 bits per heavy atom. The summed E-state index contributed by atoms with van der Waals surface area (Å²) in [5.74, 6) is 0.237. The van der Waals surface area contributed by atoms with Crippen molar-refractivity contribution in [1.29, 1.82) is 0 Å². The number of benzene rings is 2. The molecule has 6 heteroatoms. The lowest BCUT2D eigenvalue weighted by atomic mass is 10.1. The van der Waals surface area contributed by atoms with E-state index in [-0.39, 0.29) is 5.91 Å². The van der Waals surface area contributed by atoms with E-state index in [2.05, 4.69) is 37.6 Å². The smallest absolute Gasteiger partial charge is 0.258 e. The lowest BCUT2D eigenvalue weighted by Gasteiger charge is -2.17. The Hall–Kier alpha value is -3.41. The number of amides is 1. The summed E-state index contributed by atoms with van der Waals surface area (Å²) in [4.78, 5) is 23.4. The van der Waals surface area contributed by atoms with Gasteiger partial charge in [-0.2, -0.15) is 0 Å². The van der Waals surface area contributed by atoms with Gasteiger partial charge in [0.15, 0.2) is 0 Å². The van der Waals surface area contributed by atoms with E-state index in [1.165, 1.54) is 30.9 Å². The van der Waals surface area contributed by atoms with Crippen LogP contribution >= 0.6 is 0 Å². The molecule has 0 aliphatic carbocycles. The number of carbonyl (C=O) groups is 1. The van der Waals surface area contributed by atoms with E-state index in [0.717, 1.165) is 35.6 Å². The lowest BCUT2D eigenvalue weighted by molar-refractivity contribution is 0.102. The van der Waals surface area contributed by atoms with Crippen molar-refractivity contribution in [3.63, 3.8) is 0 Å². The van der Waals surface area contributed by atoms with Crippen molar-refractivity contribution in [2.24, 2.45) is 0 Å². The maximum Gasteiger partial charge on any atom is 0.258 e. The van der Waals surface area contributed by atoms with E-state index in [1.807, 2.05) is 44.2 Å². The number of nitrogens with one attached hydrogen (secondary N) is 2. The van der Waals surface area contributed by atoms with Crippen molar-refractivity contribution in [1.82, 2.24) is 9.97 Å². The van der Waals surface area contributed by atoms with Gasteiger partial charge >= 0.3 is 0 Å². The maximum absolute atomic E-state index is 12.5. The topological polar surface area (TPSA) is 70.2 Å². The highest BCUT2D eigenvalue weighted by Crippen LogP contribution is 2.23. The van der Waals surface area contributed by atoms with E-state index in [9.17, 15) is 4.79 Å². The number of carbonyl (C=O) groups excluding carboxylic acids is 1. The SMILES string of the molecule is Cc1ccc(NC(=O)c2cnc(Nc3ccc(N4CCCC4)cc3)nc2)c(C)c1. The normalized spacial score (nSPS) is 13.4. The van der Waals surface area contributed by atoms with Gasteiger partial charge in [0.1, 0.15) is 0 Å². The fraction of sp³-hybridized carbons (Fsp3) is 0.261. The van der Waals surface area contributed by atoms with Crippen molar-refractivity contribution in [2.75, 3.05) is 28.6 Å². The average molecular weight is 387 g/mol. The van der Waals surface area contributed by atoms with Gasteiger partial charge in [-0.15, -0.1) is 0 Å². The number of hydrogen-bond acceptors (Lipinski definition) is 5. The zero-order valence-corrected chi connectivity index (χ0v) is 16.8. The van der Waals surface area contributed by atoms with Crippen LogP contribution in [0, 0.1) is 13.8 Å². The number of anilines is 4. The largest absolute Gasteiger partial charge is 0.372 e. The van der Waals surface area contributed by atoms with Crippen LogP contribution in [-0.2, 0) is 0 Å². The minimum Gasteiger partial charge on any atom is -0.372 e. The molecule has 29 heavy (non-hydrogen) atoms. The maximum atomic E-state index is 12.5. The average Bonchev–Trinajstić information content (AvgIpc) is 3.26. The first-order chi connectivity index (χ1) is 14.1. The molecule has 0 atom stereocenters. The Kier molecular flexibility index (Phi) is 5.42. The molecule has 1 aliphatic heterocycles. The van der Waals surface area contributed by atoms with Crippen LogP contribution in [0.2, 0.25) is 0 Å². The van der Waals surface area contributed by atoms with Crippen LogP contribution in [0.4, 0.5) is 23.0 Å². The number of aryl methyl sites for hydroxylation is 2. The monoisotopic (exact) mass is 387 g/mol. The highest BCUT2D eigenvalue weighted by Gasteiger charge is 2.12. The van der Waals surface area contributed by atoms with Crippen molar-refractivity contribution < 1.29 is 4.79 Å². The van der Waals surface area contributed by atoms with Crippen molar-refractivity contribution in [3.05, 3.63) is 71.5 Å². The predicted octanol–water partition coefficient (Wildman–Crippen LogP) is 4.69. The van der Waals surface area contributed by atoms with Gasteiger partial charge in [0.2, 0.25) is 5.95 Å². The molecular weight excluding hydrogens is 362 g/mol. The molecule has 3 aromatic rings. The standard InChI is InChI=1S/C23H25N5O/c1-16-5-10-21(17(2)13-16)27-22(29)18-14-24-23(25-15-18)26-19-6-8-20(9-7-19)28-11-3-4-12-28/h5-10,13-15H,3-4,11-12H2,1-2H3,(H,27,29)(H,24,25,26). The van der Waals surface area contributed by atoms with Gasteiger partial charge in [-0.3, -0.25) is 4.79 Å². The zero-order chi connectivity index (χ0) is 20.2. The third-order valence-corrected chi connectivity index (χ3v) is 5.14. The molecule has 4 rings (SSSR count). The Balaban J connectivity index is 1.39. The first-order valence-electron chi connectivity index (χ1n) is 9.91. The van der Waals surface area contributed by atoms with Gasteiger partial charge in [-0.05, 0) is 62.6 Å². The van der Waals surface area contributed by atoms with Gasteiger partial charge in [-0.25, -0.2) is 9.97 Å². The molecule has 6 nitrogen and oxygen atoms in total. The molecule has 1 aliphatic rings. The van der Waals surface area contributed by atoms with Crippen LogP contribution in [0.25, 0.3) is 0 Å². The quantitative estimate of drug-likeness (QED) is 0.665. The summed E-state index contributed by atoms with van der Waals surface area (Å²) in [7, 11) is 0. The molecule has 0 saturated carbocycles. The van der Waals surface area contributed by atoms with Crippen LogP contribution in [0.1, 0.15) is 34.3 Å². The summed E-state index contributed by atoms with van der Waals surface area (Å²) in [6, 6.07) is 14.2. The Morgan fingerprint density at radius 1 is 0.966 bits per heavy atom. The number of aromatic nitrogens is 2. The summed E-state index contributed by atoms with van der Waals surface area (Å²) in [6.07, 6.45) is 5.59. The van der Waals surface area contributed by atoms with Gasteiger partial charge in [-0.1, -0.05) is 17.7 Å². The third kappa shape index (κ3) is 4.54. The number of hydrogen-bond donors (Lipinski definition) is 2. The van der Waals surface area contributed by atoms with Gasteiger partial charge in [0.25, 0.3) is 5.91 Å². The van der Waals surface area contributed by atoms with Crippen LogP contribution in [0.3, 0.4) is 0 Å². The van der Waals surface area contributed by atoms with Crippen LogP contribution in [0.15, 0.2) is 54.9 Å². The van der Waals surface area contributed by atoms with Crippen molar-refractivity contribution in [3.8, 4) is 0 Å². The van der Waals surface area contributed by atoms with Gasteiger partial charge in [0, 0.05) is 42.5 Å². The highest BCUT2D eigenvalue weighted by atomic mass is 16.1. The summed E-state index contributed by atoms with van der Waals surface area (Å²) >= 11 is 0. The first-order valence-corrected chi connectivity index (χ1v) is 9.91. The summed E-state index contributed by atoms with van der Waals surface area (Å²) < 4.78 is 0. The van der Waals surface area contributed by atoms with Gasteiger partial charge < -0.3 is 15.5 Å². The zero-order valence-electron chi connectivity index (χ0n) is 16.8. The molecule has 0 unspecified atom stereocenters. The summed E-state index contributed by atoms with van der Waals surface area (Å²) in [5.41, 5.74) is 5.55. The lowest BCUT2D eigenvalue weighted by Crippen LogP contribution is -2.17. The van der Waals surface area contributed by atoms with E-state index in [1.54, 1.807) is 0 Å². The second-order valence-electron chi connectivity index (χ2n) is 7.43.